The van der Waals surface area contributed by atoms with E-state index in [2.05, 4.69) is 43.2 Å². The van der Waals surface area contributed by atoms with Crippen LogP contribution in [0.25, 0.3) is 0 Å². The Balaban J connectivity index is 1.12. The minimum Gasteiger partial charge on any atom is -0.494 e. The number of nitro groups is 2. The van der Waals surface area contributed by atoms with Crippen molar-refractivity contribution in [2.24, 2.45) is 0 Å². The highest BCUT2D eigenvalue weighted by atomic mass is 32.2. The summed E-state index contributed by atoms with van der Waals surface area (Å²) in [5, 5.41) is 34.9. The Hall–Kier alpha value is -3.95. The van der Waals surface area contributed by atoms with E-state index in [-0.39, 0.29) is 0 Å². The largest absolute Gasteiger partial charge is 0.494 e. The summed E-state index contributed by atoms with van der Waals surface area (Å²) in [6.07, 6.45) is 17.9. The number of likely N-dealkylation sites (tertiary alicyclic amines) is 1. The second-order valence-electron chi connectivity index (χ2n) is 14.7. The van der Waals surface area contributed by atoms with Crippen molar-refractivity contribution in [1.29, 1.82) is 0 Å². The maximum Gasteiger partial charge on any atom is 0.274 e. The molecule has 1 fully saturated rings. The lowest BCUT2D eigenvalue weighted by atomic mass is 10.1. The number of nitrogens with zero attached hydrogens (tertiary/aromatic N) is 4. The summed E-state index contributed by atoms with van der Waals surface area (Å²) >= 11 is 1.73. The van der Waals surface area contributed by atoms with E-state index >= 15 is 0 Å². The molecule has 1 aromatic heterocycles. The van der Waals surface area contributed by atoms with Crippen molar-refractivity contribution in [2.45, 2.75) is 109 Å². The van der Waals surface area contributed by atoms with Crippen LogP contribution in [0, 0.1) is 20.2 Å². The van der Waals surface area contributed by atoms with Crippen LogP contribution >= 0.6 is 11.8 Å². The molecule has 0 unspecified atom stereocenters. The lowest BCUT2D eigenvalue weighted by molar-refractivity contribution is -0.404. The number of unbranched alkanes of at least 4 members (excludes halogenated alkanes) is 9. The summed E-state index contributed by atoms with van der Waals surface area (Å²) in [6, 6.07) is 12.3. The first-order chi connectivity index (χ1) is 27.3. The van der Waals surface area contributed by atoms with Gasteiger partial charge in [0, 0.05) is 38.5 Å². The first kappa shape index (κ1) is 46.4. The van der Waals surface area contributed by atoms with E-state index in [1.54, 1.807) is 11.8 Å². The lowest BCUT2D eigenvalue weighted by Crippen LogP contribution is -2.29. The summed E-state index contributed by atoms with van der Waals surface area (Å²) in [6.45, 7) is 7.21. The van der Waals surface area contributed by atoms with Gasteiger partial charge in [-0.1, -0.05) is 69.9 Å². The van der Waals surface area contributed by atoms with Gasteiger partial charge in [0.1, 0.15) is 17.3 Å². The number of rotatable bonds is 33. The molecule has 0 amide bonds. The second kappa shape index (κ2) is 29.3. The number of furan rings is 1. The second-order valence-corrected chi connectivity index (χ2v) is 15.8. The smallest absolute Gasteiger partial charge is 0.274 e. The van der Waals surface area contributed by atoms with E-state index in [9.17, 15) is 20.2 Å². The highest BCUT2D eigenvalue weighted by Crippen LogP contribution is 2.18. The topological polar surface area (TPSA) is 163 Å². The molecule has 0 saturated carbocycles. The Labute approximate surface area is 338 Å². The summed E-state index contributed by atoms with van der Waals surface area (Å²) < 4.78 is 11.8. The SMILES string of the molecule is CN(C)Cc1ccc(CSCCN/C(=C/[N+](=O)[O-])NCCCCCCCCCCCCN/C(=C\[N+](=O)[O-])NCCCOc2cccc(CN3CCCCC3)c2)o1. The Morgan fingerprint density at radius 2 is 1.32 bits per heavy atom. The zero-order valence-corrected chi connectivity index (χ0v) is 34.8. The Kier molecular flexibility index (Phi) is 24.3. The van der Waals surface area contributed by atoms with E-state index in [0.29, 0.717) is 44.4 Å². The van der Waals surface area contributed by atoms with E-state index in [4.69, 9.17) is 9.15 Å². The maximum absolute atomic E-state index is 11.1. The number of hydrogen-bond acceptors (Lipinski definition) is 13. The number of thioether (sulfide) groups is 1. The van der Waals surface area contributed by atoms with Crippen molar-refractivity contribution < 1.29 is 19.0 Å². The standard InChI is InChI=1S/C41H68N8O6S/c1-46(2)32-38-20-21-39(55-38)35-56-29-25-45-41(34-49(52)53)43-23-13-10-8-6-4-3-5-7-9-12-22-42-40(33-48(50)51)44-24-17-28-54-37-19-16-18-36(30-37)31-47-26-14-11-15-27-47/h16,18-21,30,33-34,42-45H,3-15,17,22-29,31-32,35H2,1-2H3/b40-33+,41-34+. The fraction of sp³-hybridized carbons (Fsp3) is 0.659. The van der Waals surface area contributed by atoms with Gasteiger partial charge in [0.2, 0.25) is 0 Å². The van der Waals surface area contributed by atoms with Crippen LogP contribution in [0.1, 0.15) is 107 Å². The van der Waals surface area contributed by atoms with Crippen molar-refractivity contribution in [3.8, 4) is 5.75 Å². The first-order valence-corrected chi connectivity index (χ1v) is 21.8. The van der Waals surface area contributed by atoms with Crippen LogP contribution in [0.15, 0.2) is 64.9 Å². The predicted octanol–water partition coefficient (Wildman–Crippen LogP) is 7.44. The van der Waals surface area contributed by atoms with Crippen LogP contribution in [0.4, 0.5) is 0 Å². The predicted molar refractivity (Wildman–Crippen MR) is 226 cm³/mol. The van der Waals surface area contributed by atoms with Crippen molar-refractivity contribution in [1.82, 2.24) is 31.1 Å². The molecule has 0 atom stereocenters. The third-order valence-electron chi connectivity index (χ3n) is 9.36. The van der Waals surface area contributed by atoms with Gasteiger partial charge in [-0.2, -0.15) is 11.8 Å². The molecular weight excluding hydrogens is 733 g/mol. The average molecular weight is 801 g/mol. The molecule has 0 aliphatic carbocycles. The van der Waals surface area contributed by atoms with Gasteiger partial charge < -0.3 is 35.3 Å². The summed E-state index contributed by atoms with van der Waals surface area (Å²) in [7, 11) is 4.02. The van der Waals surface area contributed by atoms with Crippen LogP contribution in [0.5, 0.6) is 5.75 Å². The number of benzene rings is 1. The summed E-state index contributed by atoms with van der Waals surface area (Å²) in [5.41, 5.74) is 1.27. The monoisotopic (exact) mass is 800 g/mol. The third-order valence-corrected chi connectivity index (χ3v) is 10.3. The van der Waals surface area contributed by atoms with Gasteiger partial charge in [-0.15, -0.1) is 0 Å². The highest BCUT2D eigenvalue weighted by Gasteiger charge is 2.11. The number of ether oxygens (including phenoxy) is 1. The molecule has 2 aromatic rings. The molecule has 56 heavy (non-hydrogen) atoms. The van der Waals surface area contributed by atoms with Crippen LogP contribution in [-0.2, 0) is 18.8 Å². The minimum atomic E-state index is -0.424. The molecule has 2 heterocycles. The van der Waals surface area contributed by atoms with Crippen LogP contribution in [0.2, 0.25) is 0 Å². The Morgan fingerprint density at radius 3 is 1.91 bits per heavy atom. The quantitative estimate of drug-likeness (QED) is 0.0320. The van der Waals surface area contributed by atoms with Gasteiger partial charge in [0.15, 0.2) is 11.6 Å². The first-order valence-electron chi connectivity index (χ1n) is 20.7. The molecule has 1 saturated heterocycles. The van der Waals surface area contributed by atoms with Crippen molar-refractivity contribution in [3.05, 3.63) is 97.8 Å². The zero-order chi connectivity index (χ0) is 40.1. The lowest BCUT2D eigenvalue weighted by Gasteiger charge is -2.26. The minimum absolute atomic E-state index is 0.424. The molecule has 4 N–H and O–H groups in total. The molecule has 314 valence electrons. The van der Waals surface area contributed by atoms with E-state index in [0.717, 1.165) is 112 Å². The molecule has 15 heteroatoms. The third kappa shape index (κ3) is 23.2. The molecular formula is C41H68N8O6S. The zero-order valence-electron chi connectivity index (χ0n) is 33.9. The van der Waals surface area contributed by atoms with Crippen molar-refractivity contribution >= 4 is 11.8 Å². The van der Waals surface area contributed by atoms with Crippen molar-refractivity contribution in [2.75, 3.05) is 65.7 Å². The van der Waals surface area contributed by atoms with Gasteiger partial charge in [0.05, 0.1) is 28.8 Å². The maximum atomic E-state index is 11.1. The van der Waals surface area contributed by atoms with Crippen LogP contribution in [-0.4, -0.2) is 85.4 Å². The van der Waals surface area contributed by atoms with E-state index in [1.165, 1.54) is 50.5 Å². The summed E-state index contributed by atoms with van der Waals surface area (Å²) in [4.78, 5) is 26.0. The Bertz CT molecular complexity index is 1430. The van der Waals surface area contributed by atoms with Gasteiger partial charge in [-0.3, -0.25) is 25.1 Å². The molecule has 0 radical (unpaired) electrons. The molecule has 1 aliphatic rings. The molecule has 0 bridgehead atoms. The van der Waals surface area contributed by atoms with E-state index < -0.39 is 9.85 Å². The molecule has 1 aliphatic heterocycles. The fourth-order valence-electron chi connectivity index (χ4n) is 6.55. The fourth-order valence-corrected chi connectivity index (χ4v) is 7.30. The van der Waals surface area contributed by atoms with Gasteiger partial charge >= 0.3 is 0 Å². The Morgan fingerprint density at radius 1 is 0.768 bits per heavy atom. The highest BCUT2D eigenvalue weighted by molar-refractivity contribution is 7.98. The van der Waals surface area contributed by atoms with Crippen LogP contribution in [0.3, 0.4) is 0 Å². The normalized spacial score (nSPS) is 13.8. The molecule has 1 aromatic carbocycles. The number of piperidine rings is 1. The van der Waals surface area contributed by atoms with Gasteiger partial charge in [-0.25, -0.2) is 0 Å². The van der Waals surface area contributed by atoms with Gasteiger partial charge in [-0.05, 0) is 89.1 Å². The summed E-state index contributed by atoms with van der Waals surface area (Å²) in [5.74, 6) is 5.24. The number of hydrogen-bond donors (Lipinski definition) is 4. The number of nitrogens with one attached hydrogen (secondary N) is 4. The molecule has 14 nitrogen and oxygen atoms in total. The van der Waals surface area contributed by atoms with Crippen LogP contribution < -0.4 is 26.0 Å². The molecule has 0 spiro atoms. The van der Waals surface area contributed by atoms with Gasteiger partial charge in [0.25, 0.3) is 12.4 Å². The van der Waals surface area contributed by atoms with E-state index in [1.807, 2.05) is 38.4 Å². The average Bonchev–Trinajstić information content (AvgIpc) is 3.60. The molecule has 3 rings (SSSR count). The van der Waals surface area contributed by atoms with Crippen molar-refractivity contribution in [3.63, 3.8) is 0 Å².